The van der Waals surface area contributed by atoms with Crippen LogP contribution in [0.1, 0.15) is 33.6 Å². The van der Waals surface area contributed by atoms with E-state index in [9.17, 15) is 0 Å². The predicted molar refractivity (Wildman–Crippen MR) is 65.0 cm³/mol. The monoisotopic (exact) mass is 210 g/mol. The van der Waals surface area contributed by atoms with Crippen LogP contribution in [0.2, 0.25) is 0 Å². The van der Waals surface area contributed by atoms with E-state index in [1.807, 2.05) is 0 Å². The van der Waals surface area contributed by atoms with Crippen molar-refractivity contribution in [1.82, 2.24) is 9.80 Å². The lowest BCUT2D eigenvalue weighted by Gasteiger charge is -2.46. The molecular weight excluding hydrogens is 184 g/mol. The quantitative estimate of drug-likeness (QED) is 0.653. The summed E-state index contributed by atoms with van der Waals surface area (Å²) in [6.45, 7) is 9.63. The topological polar surface area (TPSA) is 6.48 Å². The summed E-state index contributed by atoms with van der Waals surface area (Å²) in [5.74, 6) is 1.83. The second-order valence-electron chi connectivity index (χ2n) is 6.59. The first-order valence-electron chi connectivity index (χ1n) is 6.31. The Hall–Kier alpha value is -0.0800. The summed E-state index contributed by atoms with van der Waals surface area (Å²) in [6.07, 6.45) is 2.89. The van der Waals surface area contributed by atoms with Crippen molar-refractivity contribution in [3.05, 3.63) is 0 Å². The number of hydrogen-bond acceptors (Lipinski definition) is 2. The molecule has 2 fully saturated rings. The molecule has 1 aliphatic heterocycles. The highest BCUT2D eigenvalue weighted by Crippen LogP contribution is 2.40. The molecule has 2 atom stereocenters. The van der Waals surface area contributed by atoms with E-state index in [4.69, 9.17) is 0 Å². The van der Waals surface area contributed by atoms with Gasteiger partial charge in [0.1, 0.15) is 0 Å². The fourth-order valence-electron chi connectivity index (χ4n) is 3.51. The number of rotatable bonds is 1. The minimum absolute atomic E-state index is 0.321. The fraction of sp³-hybridized carbons (Fsp3) is 1.00. The third-order valence-corrected chi connectivity index (χ3v) is 4.47. The van der Waals surface area contributed by atoms with E-state index in [0.717, 1.165) is 17.9 Å². The largest absolute Gasteiger partial charge is 0.306 e. The maximum Gasteiger partial charge on any atom is 0.0178 e. The van der Waals surface area contributed by atoms with Crippen LogP contribution in [-0.4, -0.2) is 48.6 Å². The lowest BCUT2D eigenvalue weighted by atomic mass is 9.88. The highest BCUT2D eigenvalue weighted by atomic mass is 15.2. The molecule has 0 radical (unpaired) electrons. The molecule has 0 aromatic heterocycles. The van der Waals surface area contributed by atoms with Crippen LogP contribution in [-0.2, 0) is 0 Å². The first kappa shape index (κ1) is 11.4. The molecular formula is C13H26N2. The molecule has 0 aromatic rings. The maximum absolute atomic E-state index is 2.63. The zero-order chi connectivity index (χ0) is 11.2. The van der Waals surface area contributed by atoms with Crippen molar-refractivity contribution in [1.29, 1.82) is 0 Å². The van der Waals surface area contributed by atoms with E-state index in [1.54, 1.807) is 0 Å². The average Bonchev–Trinajstić information content (AvgIpc) is 2.35. The number of hydrogen-bond donors (Lipinski definition) is 0. The smallest absolute Gasteiger partial charge is 0.0178 e. The van der Waals surface area contributed by atoms with Gasteiger partial charge in [0.15, 0.2) is 0 Å². The van der Waals surface area contributed by atoms with Crippen LogP contribution in [0.4, 0.5) is 0 Å². The highest BCUT2D eigenvalue weighted by molar-refractivity contribution is 4.99. The van der Waals surface area contributed by atoms with Crippen molar-refractivity contribution in [3.8, 4) is 0 Å². The Balaban J connectivity index is 2.11. The van der Waals surface area contributed by atoms with Gasteiger partial charge in [-0.25, -0.2) is 0 Å². The lowest BCUT2D eigenvalue weighted by Crippen LogP contribution is -2.55. The van der Waals surface area contributed by atoms with Gasteiger partial charge in [-0.05, 0) is 59.5 Å². The van der Waals surface area contributed by atoms with Gasteiger partial charge in [-0.3, -0.25) is 4.90 Å². The van der Waals surface area contributed by atoms with Crippen LogP contribution < -0.4 is 0 Å². The highest BCUT2D eigenvalue weighted by Gasteiger charge is 2.44. The van der Waals surface area contributed by atoms with E-state index in [-0.39, 0.29) is 0 Å². The Kier molecular flexibility index (Phi) is 2.85. The summed E-state index contributed by atoms with van der Waals surface area (Å²) in [4.78, 5) is 5.15. The van der Waals surface area contributed by atoms with Crippen LogP contribution in [0.5, 0.6) is 0 Å². The summed E-state index contributed by atoms with van der Waals surface area (Å²) in [6, 6.07) is 0.834. The van der Waals surface area contributed by atoms with E-state index >= 15 is 0 Å². The Morgan fingerprint density at radius 1 is 1.07 bits per heavy atom. The molecule has 2 unspecified atom stereocenters. The number of fused-ring (bicyclic) bond motifs is 2. The third kappa shape index (κ3) is 2.07. The molecule has 1 saturated carbocycles. The van der Waals surface area contributed by atoms with Gasteiger partial charge >= 0.3 is 0 Å². The van der Waals surface area contributed by atoms with Crippen LogP contribution in [0.25, 0.3) is 0 Å². The van der Waals surface area contributed by atoms with Gasteiger partial charge in [0.05, 0.1) is 0 Å². The zero-order valence-corrected chi connectivity index (χ0v) is 11.0. The SMILES string of the molecule is CN1CC2CCC(C1)C2N(C)C(C)(C)C. The standard InChI is InChI=1S/C13H26N2/c1-13(2,3)15(5)12-10-6-7-11(12)9-14(4)8-10/h10-12H,6-9H2,1-5H3. The summed E-state index contributed by atoms with van der Waals surface area (Å²) in [5, 5.41) is 0. The zero-order valence-electron chi connectivity index (χ0n) is 11.0. The van der Waals surface area contributed by atoms with Gasteiger partial charge in [0, 0.05) is 24.7 Å². The van der Waals surface area contributed by atoms with Crippen molar-refractivity contribution < 1.29 is 0 Å². The van der Waals surface area contributed by atoms with Gasteiger partial charge in [-0.1, -0.05) is 0 Å². The van der Waals surface area contributed by atoms with Crippen molar-refractivity contribution in [2.45, 2.75) is 45.2 Å². The minimum atomic E-state index is 0.321. The van der Waals surface area contributed by atoms with Crippen LogP contribution in [0.3, 0.4) is 0 Å². The van der Waals surface area contributed by atoms with Gasteiger partial charge < -0.3 is 4.90 Å². The van der Waals surface area contributed by atoms with Crippen molar-refractivity contribution >= 4 is 0 Å². The lowest BCUT2D eigenvalue weighted by molar-refractivity contribution is 0.0216. The second kappa shape index (κ2) is 3.74. The van der Waals surface area contributed by atoms with Gasteiger partial charge in [0.2, 0.25) is 0 Å². The van der Waals surface area contributed by atoms with Crippen molar-refractivity contribution in [3.63, 3.8) is 0 Å². The first-order valence-corrected chi connectivity index (χ1v) is 6.31. The summed E-state index contributed by atoms with van der Waals surface area (Å²) < 4.78 is 0. The maximum atomic E-state index is 2.63. The molecule has 2 bridgehead atoms. The normalized spacial score (nSPS) is 37.6. The molecule has 1 aliphatic carbocycles. The number of piperidine rings is 1. The molecule has 2 aliphatic rings. The molecule has 0 amide bonds. The molecule has 88 valence electrons. The Morgan fingerprint density at radius 3 is 1.93 bits per heavy atom. The number of likely N-dealkylation sites (tertiary alicyclic amines) is 1. The van der Waals surface area contributed by atoms with Gasteiger partial charge in [-0.2, -0.15) is 0 Å². The van der Waals surface area contributed by atoms with Crippen molar-refractivity contribution in [2.24, 2.45) is 11.8 Å². The van der Waals surface area contributed by atoms with E-state index < -0.39 is 0 Å². The average molecular weight is 210 g/mol. The fourth-order valence-corrected chi connectivity index (χ4v) is 3.51. The molecule has 0 aromatic carbocycles. The Morgan fingerprint density at radius 2 is 1.53 bits per heavy atom. The molecule has 1 heterocycles. The van der Waals surface area contributed by atoms with Crippen LogP contribution >= 0.6 is 0 Å². The van der Waals surface area contributed by atoms with Gasteiger partial charge in [0.25, 0.3) is 0 Å². The van der Waals surface area contributed by atoms with Crippen molar-refractivity contribution in [2.75, 3.05) is 27.2 Å². The number of nitrogens with zero attached hydrogens (tertiary/aromatic N) is 2. The van der Waals surface area contributed by atoms with E-state index in [0.29, 0.717) is 5.54 Å². The summed E-state index contributed by atoms with van der Waals surface area (Å²) >= 11 is 0. The Bertz CT molecular complexity index is 217. The first-order chi connectivity index (χ1) is 6.89. The molecule has 2 nitrogen and oxygen atoms in total. The molecule has 15 heavy (non-hydrogen) atoms. The molecule has 0 spiro atoms. The molecule has 1 saturated heterocycles. The predicted octanol–water partition coefficient (Wildman–Crippen LogP) is 2.06. The van der Waals surface area contributed by atoms with E-state index in [1.165, 1.54) is 25.9 Å². The summed E-state index contributed by atoms with van der Waals surface area (Å²) in [7, 11) is 4.60. The Labute approximate surface area is 94.6 Å². The van der Waals surface area contributed by atoms with Crippen LogP contribution in [0, 0.1) is 11.8 Å². The molecule has 2 rings (SSSR count). The second-order valence-corrected chi connectivity index (χ2v) is 6.59. The van der Waals surface area contributed by atoms with Crippen LogP contribution in [0.15, 0.2) is 0 Å². The minimum Gasteiger partial charge on any atom is -0.306 e. The molecule has 0 N–H and O–H groups in total. The summed E-state index contributed by atoms with van der Waals surface area (Å²) in [5.41, 5.74) is 0.321. The molecule has 2 heteroatoms. The van der Waals surface area contributed by atoms with Gasteiger partial charge in [-0.15, -0.1) is 0 Å². The van der Waals surface area contributed by atoms with E-state index in [2.05, 4.69) is 44.7 Å². The third-order valence-electron chi connectivity index (χ3n) is 4.47.